The SMILES string of the molecule is COc1ccc(-c2nc(-c3cccs3)c(CC(=O)O)s2)cc1. The van der Waals surface area contributed by atoms with Gasteiger partial charge in [-0.25, -0.2) is 4.98 Å². The Labute approximate surface area is 135 Å². The summed E-state index contributed by atoms with van der Waals surface area (Å²) in [5.74, 6) is -0.0627. The number of thiophene rings is 1. The lowest BCUT2D eigenvalue weighted by Crippen LogP contribution is -1.98. The number of carboxylic acid groups (broad SMARTS) is 1. The van der Waals surface area contributed by atoms with Gasteiger partial charge in [0.25, 0.3) is 0 Å². The lowest BCUT2D eigenvalue weighted by molar-refractivity contribution is -0.136. The fourth-order valence-corrected chi connectivity index (χ4v) is 3.95. The highest BCUT2D eigenvalue weighted by molar-refractivity contribution is 7.17. The molecule has 3 rings (SSSR count). The summed E-state index contributed by atoms with van der Waals surface area (Å²) < 4.78 is 5.15. The van der Waals surface area contributed by atoms with Crippen LogP contribution in [0.15, 0.2) is 41.8 Å². The number of aliphatic carboxylic acids is 1. The molecule has 0 spiro atoms. The van der Waals surface area contributed by atoms with E-state index in [0.29, 0.717) is 0 Å². The van der Waals surface area contributed by atoms with Gasteiger partial charge in [-0.15, -0.1) is 22.7 Å². The summed E-state index contributed by atoms with van der Waals surface area (Å²) in [7, 11) is 1.62. The fourth-order valence-electron chi connectivity index (χ4n) is 2.07. The summed E-state index contributed by atoms with van der Waals surface area (Å²) in [6, 6.07) is 11.5. The normalized spacial score (nSPS) is 10.6. The van der Waals surface area contributed by atoms with Gasteiger partial charge >= 0.3 is 5.97 Å². The molecule has 0 aliphatic rings. The summed E-state index contributed by atoms with van der Waals surface area (Å²) >= 11 is 2.99. The van der Waals surface area contributed by atoms with Crippen LogP contribution in [0.4, 0.5) is 0 Å². The van der Waals surface area contributed by atoms with Crippen molar-refractivity contribution in [1.29, 1.82) is 0 Å². The zero-order valence-electron chi connectivity index (χ0n) is 11.8. The number of carbonyl (C=O) groups is 1. The van der Waals surface area contributed by atoms with Crippen LogP contribution in [0.2, 0.25) is 0 Å². The minimum Gasteiger partial charge on any atom is -0.497 e. The molecule has 112 valence electrons. The van der Waals surface area contributed by atoms with Gasteiger partial charge < -0.3 is 9.84 Å². The first-order valence-corrected chi connectivity index (χ1v) is 8.27. The largest absolute Gasteiger partial charge is 0.497 e. The minimum absolute atomic E-state index is 0.0128. The molecule has 0 aliphatic heterocycles. The molecule has 0 bridgehead atoms. The smallest absolute Gasteiger partial charge is 0.308 e. The average Bonchev–Trinajstić information content (AvgIpc) is 3.16. The van der Waals surface area contributed by atoms with E-state index in [4.69, 9.17) is 9.84 Å². The van der Waals surface area contributed by atoms with E-state index in [-0.39, 0.29) is 6.42 Å². The number of hydrogen-bond acceptors (Lipinski definition) is 5. The van der Waals surface area contributed by atoms with Gasteiger partial charge in [-0.1, -0.05) is 6.07 Å². The third kappa shape index (κ3) is 3.03. The number of methoxy groups -OCH3 is 1. The molecule has 2 aromatic heterocycles. The number of aromatic nitrogens is 1. The van der Waals surface area contributed by atoms with Gasteiger partial charge in [-0.2, -0.15) is 0 Å². The van der Waals surface area contributed by atoms with E-state index < -0.39 is 5.97 Å². The molecular weight excluding hydrogens is 318 g/mol. The van der Waals surface area contributed by atoms with Crippen molar-refractivity contribution in [3.8, 4) is 26.9 Å². The van der Waals surface area contributed by atoms with Crippen molar-refractivity contribution in [1.82, 2.24) is 4.98 Å². The first-order valence-electron chi connectivity index (χ1n) is 6.57. The molecule has 0 amide bonds. The predicted molar refractivity (Wildman–Crippen MR) is 88.8 cm³/mol. The molecule has 0 saturated heterocycles. The molecule has 2 heterocycles. The van der Waals surface area contributed by atoms with E-state index in [9.17, 15) is 4.79 Å². The molecule has 0 atom stereocenters. The predicted octanol–water partition coefficient (Wildman–Crippen LogP) is 4.17. The van der Waals surface area contributed by atoms with Crippen molar-refractivity contribution in [2.75, 3.05) is 7.11 Å². The Hall–Kier alpha value is -2.18. The molecule has 0 aliphatic carbocycles. The molecule has 1 N–H and O–H groups in total. The molecule has 6 heteroatoms. The summed E-state index contributed by atoms with van der Waals surface area (Å²) in [6.07, 6.45) is -0.0128. The van der Waals surface area contributed by atoms with E-state index in [1.54, 1.807) is 18.4 Å². The van der Waals surface area contributed by atoms with Crippen molar-refractivity contribution in [3.05, 3.63) is 46.7 Å². The van der Waals surface area contributed by atoms with E-state index in [1.165, 1.54) is 11.3 Å². The standard InChI is InChI=1S/C16H13NO3S2/c1-20-11-6-4-10(5-7-11)16-17-15(12-3-2-8-21-12)13(22-16)9-14(18)19/h2-8H,9H2,1H3,(H,18,19). The maximum atomic E-state index is 11.1. The van der Waals surface area contributed by atoms with E-state index in [2.05, 4.69) is 4.98 Å². The van der Waals surface area contributed by atoms with Gasteiger partial charge in [-0.05, 0) is 35.7 Å². The van der Waals surface area contributed by atoms with Gasteiger partial charge in [-0.3, -0.25) is 4.79 Å². The topological polar surface area (TPSA) is 59.4 Å². The van der Waals surface area contributed by atoms with Crippen LogP contribution in [-0.4, -0.2) is 23.2 Å². The van der Waals surface area contributed by atoms with Crippen LogP contribution in [0, 0.1) is 0 Å². The zero-order valence-corrected chi connectivity index (χ0v) is 13.4. The van der Waals surface area contributed by atoms with Crippen LogP contribution < -0.4 is 4.74 Å². The Morgan fingerprint density at radius 3 is 2.64 bits per heavy atom. The molecule has 1 aromatic carbocycles. The maximum Gasteiger partial charge on any atom is 0.308 e. The highest BCUT2D eigenvalue weighted by atomic mass is 32.1. The summed E-state index contributed by atoms with van der Waals surface area (Å²) in [5, 5.41) is 11.9. The number of thiazole rings is 1. The summed E-state index contributed by atoms with van der Waals surface area (Å²) in [5.41, 5.74) is 1.73. The van der Waals surface area contributed by atoms with Gasteiger partial charge in [0, 0.05) is 10.4 Å². The van der Waals surface area contributed by atoms with Crippen LogP contribution in [0.25, 0.3) is 21.1 Å². The number of hydrogen-bond donors (Lipinski definition) is 1. The van der Waals surface area contributed by atoms with E-state index in [1.807, 2.05) is 41.8 Å². The third-order valence-electron chi connectivity index (χ3n) is 3.10. The lowest BCUT2D eigenvalue weighted by atomic mass is 10.2. The van der Waals surface area contributed by atoms with Crippen molar-refractivity contribution in [2.45, 2.75) is 6.42 Å². The molecule has 0 fully saturated rings. The van der Waals surface area contributed by atoms with Crippen molar-refractivity contribution < 1.29 is 14.6 Å². The Morgan fingerprint density at radius 1 is 1.27 bits per heavy atom. The minimum atomic E-state index is -0.845. The Morgan fingerprint density at radius 2 is 2.05 bits per heavy atom. The van der Waals surface area contributed by atoms with Crippen molar-refractivity contribution in [2.24, 2.45) is 0 Å². The van der Waals surface area contributed by atoms with Crippen LogP contribution in [0.3, 0.4) is 0 Å². The first-order chi connectivity index (χ1) is 10.7. The van der Waals surface area contributed by atoms with E-state index in [0.717, 1.165) is 31.8 Å². The quantitative estimate of drug-likeness (QED) is 0.762. The average molecular weight is 331 g/mol. The summed E-state index contributed by atoms with van der Waals surface area (Å²) in [6.45, 7) is 0. The number of rotatable bonds is 5. The second-order valence-electron chi connectivity index (χ2n) is 4.57. The molecule has 3 aromatic rings. The molecule has 0 radical (unpaired) electrons. The van der Waals surface area contributed by atoms with Crippen molar-refractivity contribution >= 4 is 28.6 Å². The third-order valence-corrected chi connectivity index (χ3v) is 5.08. The van der Waals surface area contributed by atoms with E-state index >= 15 is 0 Å². The highest BCUT2D eigenvalue weighted by Crippen LogP contribution is 2.36. The second kappa shape index (κ2) is 6.29. The maximum absolute atomic E-state index is 11.1. The van der Waals surface area contributed by atoms with Gasteiger partial charge in [0.2, 0.25) is 0 Å². The van der Waals surface area contributed by atoms with Crippen LogP contribution in [-0.2, 0) is 11.2 Å². The van der Waals surface area contributed by atoms with Gasteiger partial charge in [0.05, 0.1) is 24.1 Å². The Bertz CT molecular complexity index is 776. The summed E-state index contributed by atoms with van der Waals surface area (Å²) in [4.78, 5) is 17.5. The van der Waals surface area contributed by atoms with Crippen molar-refractivity contribution in [3.63, 3.8) is 0 Å². The van der Waals surface area contributed by atoms with Gasteiger partial charge in [0.15, 0.2) is 0 Å². The Kier molecular flexibility index (Phi) is 4.22. The Balaban J connectivity index is 2.03. The number of carboxylic acids is 1. The zero-order chi connectivity index (χ0) is 15.5. The molecule has 22 heavy (non-hydrogen) atoms. The monoisotopic (exact) mass is 331 g/mol. The number of nitrogens with zero attached hydrogens (tertiary/aromatic N) is 1. The second-order valence-corrected chi connectivity index (χ2v) is 6.60. The number of ether oxygens (including phenoxy) is 1. The number of benzene rings is 1. The molecule has 0 saturated carbocycles. The fraction of sp³-hybridized carbons (Fsp3) is 0.125. The molecular formula is C16H13NO3S2. The molecule has 4 nitrogen and oxygen atoms in total. The van der Waals surface area contributed by atoms with Crippen LogP contribution in [0.1, 0.15) is 4.88 Å². The highest BCUT2D eigenvalue weighted by Gasteiger charge is 2.17. The molecule has 0 unspecified atom stereocenters. The van der Waals surface area contributed by atoms with Gasteiger partial charge in [0.1, 0.15) is 10.8 Å². The van der Waals surface area contributed by atoms with Crippen LogP contribution >= 0.6 is 22.7 Å². The lowest BCUT2D eigenvalue weighted by Gasteiger charge is -2.00. The first kappa shape index (κ1) is 14.7. The van der Waals surface area contributed by atoms with Crippen LogP contribution in [0.5, 0.6) is 5.75 Å².